The molecule has 1 unspecified atom stereocenters. The minimum Gasteiger partial charge on any atom is -0.444 e. The number of hydrogen-bond acceptors (Lipinski definition) is 3. The number of carbonyl (C=O) groups excluding carboxylic acids is 1. The Hall–Kier alpha value is -0.770. The molecule has 0 spiro atoms. The molecule has 0 radical (unpaired) electrons. The van der Waals surface area contributed by atoms with E-state index in [4.69, 9.17) is 9.47 Å². The third-order valence-corrected chi connectivity index (χ3v) is 4.14. The van der Waals surface area contributed by atoms with Crippen LogP contribution in [-0.2, 0) is 9.47 Å². The fraction of sp³-hybridized carbons (Fsp3) is 0.938. The molecule has 0 bridgehead atoms. The second-order valence-electron chi connectivity index (χ2n) is 7.24. The summed E-state index contributed by atoms with van der Waals surface area (Å²) in [4.78, 5) is 13.7. The van der Waals surface area contributed by atoms with Gasteiger partial charge in [0.15, 0.2) is 0 Å². The third kappa shape index (κ3) is 4.65. The van der Waals surface area contributed by atoms with Crippen molar-refractivity contribution in [3.63, 3.8) is 0 Å². The van der Waals surface area contributed by atoms with E-state index in [-0.39, 0.29) is 18.2 Å². The van der Waals surface area contributed by atoms with Gasteiger partial charge < -0.3 is 9.47 Å². The van der Waals surface area contributed by atoms with Crippen LogP contribution in [0.25, 0.3) is 0 Å². The fourth-order valence-corrected chi connectivity index (χ4v) is 2.84. The number of ether oxygens (including phenoxy) is 2. The zero-order chi connectivity index (χ0) is 14.8. The van der Waals surface area contributed by atoms with Gasteiger partial charge in [-0.05, 0) is 46.5 Å². The molecule has 1 saturated heterocycles. The van der Waals surface area contributed by atoms with Crippen LogP contribution in [0.5, 0.6) is 0 Å². The van der Waals surface area contributed by atoms with E-state index in [0.717, 1.165) is 19.1 Å². The highest BCUT2D eigenvalue weighted by molar-refractivity contribution is 5.71. The molecule has 2 aliphatic rings. The van der Waals surface area contributed by atoms with E-state index in [2.05, 4.69) is 6.92 Å². The van der Waals surface area contributed by atoms with Gasteiger partial charge in [-0.25, -0.2) is 4.79 Å². The third-order valence-electron chi connectivity index (χ3n) is 4.14. The molecular weight excluding hydrogens is 254 g/mol. The summed E-state index contributed by atoms with van der Waals surface area (Å²) in [7, 11) is 0. The van der Waals surface area contributed by atoms with Gasteiger partial charge >= 0.3 is 6.09 Å². The Bertz CT molecular complexity index is 331. The van der Waals surface area contributed by atoms with Crippen LogP contribution >= 0.6 is 0 Å². The maximum atomic E-state index is 11.9. The van der Waals surface area contributed by atoms with Crippen molar-refractivity contribution >= 4 is 6.09 Å². The molecule has 116 valence electrons. The average Bonchev–Trinajstić information content (AvgIpc) is 3.15. The lowest BCUT2D eigenvalue weighted by molar-refractivity contribution is 0.0136. The minimum absolute atomic E-state index is 0.115. The Morgan fingerprint density at radius 3 is 2.50 bits per heavy atom. The van der Waals surface area contributed by atoms with Crippen molar-refractivity contribution in [2.24, 2.45) is 5.92 Å². The van der Waals surface area contributed by atoms with Crippen LogP contribution in [0.4, 0.5) is 4.79 Å². The Morgan fingerprint density at radius 1 is 1.25 bits per heavy atom. The molecule has 4 nitrogen and oxygen atoms in total. The largest absolute Gasteiger partial charge is 0.444 e. The van der Waals surface area contributed by atoms with E-state index >= 15 is 0 Å². The van der Waals surface area contributed by atoms with Crippen molar-refractivity contribution in [1.82, 2.24) is 4.90 Å². The molecule has 1 aliphatic carbocycles. The maximum absolute atomic E-state index is 11.9. The van der Waals surface area contributed by atoms with Crippen molar-refractivity contribution in [1.29, 1.82) is 0 Å². The van der Waals surface area contributed by atoms with Crippen LogP contribution in [0.3, 0.4) is 0 Å². The minimum atomic E-state index is -0.420. The van der Waals surface area contributed by atoms with E-state index in [1.807, 2.05) is 20.8 Å². The Labute approximate surface area is 122 Å². The van der Waals surface area contributed by atoms with E-state index < -0.39 is 5.60 Å². The van der Waals surface area contributed by atoms with Gasteiger partial charge in [-0.2, -0.15) is 0 Å². The van der Waals surface area contributed by atoms with E-state index in [0.29, 0.717) is 0 Å². The molecule has 4 heteroatoms. The first kappa shape index (κ1) is 15.6. The molecule has 2 atom stereocenters. The number of carbonyl (C=O) groups is 1. The normalized spacial score (nSPS) is 25.4. The molecule has 1 aliphatic heterocycles. The van der Waals surface area contributed by atoms with E-state index in [1.54, 1.807) is 4.90 Å². The predicted octanol–water partition coefficient (Wildman–Crippen LogP) is 3.59. The summed E-state index contributed by atoms with van der Waals surface area (Å²) >= 11 is 0. The molecule has 1 heterocycles. The Kier molecular flexibility index (Phi) is 4.95. The number of rotatable bonds is 4. The summed E-state index contributed by atoms with van der Waals surface area (Å²) in [6.45, 7) is 9.36. The lowest BCUT2D eigenvalue weighted by Gasteiger charge is -2.24. The zero-order valence-corrected chi connectivity index (χ0v) is 13.4. The standard InChI is InChI=1S/C16H29NO3/c1-12(19-11-13-8-6-5-7-9-13)14-10-17(14)15(18)20-16(2,3)4/h12-14H,5-11H2,1-4H3/t12-,14?,17?/m1/s1. The fourth-order valence-electron chi connectivity index (χ4n) is 2.84. The van der Waals surface area contributed by atoms with Crippen LogP contribution in [-0.4, -0.2) is 41.9 Å². The molecule has 0 aromatic carbocycles. The summed E-state index contributed by atoms with van der Waals surface area (Å²) in [5, 5.41) is 0. The van der Waals surface area contributed by atoms with E-state index in [9.17, 15) is 4.79 Å². The second kappa shape index (κ2) is 6.33. The van der Waals surface area contributed by atoms with Crippen molar-refractivity contribution < 1.29 is 14.3 Å². The Morgan fingerprint density at radius 2 is 1.90 bits per heavy atom. The number of amides is 1. The van der Waals surface area contributed by atoms with Crippen molar-refractivity contribution in [2.75, 3.05) is 13.2 Å². The van der Waals surface area contributed by atoms with Crippen molar-refractivity contribution in [3.05, 3.63) is 0 Å². The molecule has 2 fully saturated rings. The molecule has 20 heavy (non-hydrogen) atoms. The van der Waals surface area contributed by atoms with Gasteiger partial charge in [0, 0.05) is 13.2 Å². The van der Waals surface area contributed by atoms with Crippen LogP contribution in [0.2, 0.25) is 0 Å². The monoisotopic (exact) mass is 283 g/mol. The van der Waals surface area contributed by atoms with Crippen LogP contribution < -0.4 is 0 Å². The molecule has 0 aromatic heterocycles. The second-order valence-corrected chi connectivity index (χ2v) is 7.24. The van der Waals surface area contributed by atoms with Crippen LogP contribution in [0.15, 0.2) is 0 Å². The van der Waals surface area contributed by atoms with Crippen LogP contribution in [0, 0.1) is 5.92 Å². The average molecular weight is 283 g/mol. The molecule has 2 rings (SSSR count). The number of hydrogen-bond donors (Lipinski definition) is 0. The molecule has 1 amide bonds. The van der Waals surface area contributed by atoms with Gasteiger partial charge in [-0.3, -0.25) is 4.90 Å². The molecule has 1 saturated carbocycles. The van der Waals surface area contributed by atoms with Crippen molar-refractivity contribution in [2.45, 2.75) is 77.5 Å². The van der Waals surface area contributed by atoms with Gasteiger partial charge in [0.25, 0.3) is 0 Å². The summed E-state index contributed by atoms with van der Waals surface area (Å²) in [6, 6.07) is 0.202. The van der Waals surface area contributed by atoms with Gasteiger partial charge in [0.1, 0.15) is 5.60 Å². The van der Waals surface area contributed by atoms with Crippen molar-refractivity contribution in [3.8, 4) is 0 Å². The predicted molar refractivity (Wildman–Crippen MR) is 78.7 cm³/mol. The highest BCUT2D eigenvalue weighted by Gasteiger charge is 2.45. The molecule has 0 aromatic rings. The summed E-state index contributed by atoms with van der Waals surface area (Å²) in [5.41, 5.74) is -0.420. The van der Waals surface area contributed by atoms with Gasteiger partial charge in [0.2, 0.25) is 0 Å². The summed E-state index contributed by atoms with van der Waals surface area (Å²) < 4.78 is 11.3. The summed E-state index contributed by atoms with van der Waals surface area (Å²) in [6.07, 6.45) is 6.56. The lowest BCUT2D eigenvalue weighted by atomic mass is 9.90. The lowest BCUT2D eigenvalue weighted by Crippen LogP contribution is -2.30. The van der Waals surface area contributed by atoms with Crippen LogP contribution in [0.1, 0.15) is 59.8 Å². The first-order valence-electron chi connectivity index (χ1n) is 7.98. The number of nitrogens with zero attached hydrogens (tertiary/aromatic N) is 1. The molecular formula is C16H29NO3. The van der Waals surface area contributed by atoms with Gasteiger partial charge in [0.05, 0.1) is 12.1 Å². The topological polar surface area (TPSA) is 38.5 Å². The smallest absolute Gasteiger partial charge is 0.410 e. The Balaban J connectivity index is 1.67. The van der Waals surface area contributed by atoms with E-state index in [1.165, 1.54) is 32.1 Å². The highest BCUT2D eigenvalue weighted by Crippen LogP contribution is 2.28. The molecule has 0 N–H and O–H groups in total. The first-order chi connectivity index (χ1) is 9.37. The van der Waals surface area contributed by atoms with Gasteiger partial charge in [-0.1, -0.05) is 19.3 Å². The quantitative estimate of drug-likeness (QED) is 0.740. The highest BCUT2D eigenvalue weighted by atomic mass is 16.6. The van der Waals surface area contributed by atoms with Gasteiger partial charge in [-0.15, -0.1) is 0 Å². The first-order valence-corrected chi connectivity index (χ1v) is 7.98. The maximum Gasteiger partial charge on any atom is 0.410 e. The zero-order valence-electron chi connectivity index (χ0n) is 13.4. The summed E-state index contributed by atoms with van der Waals surface area (Å²) in [5.74, 6) is 0.722. The SMILES string of the molecule is C[C@@H](OCC1CCCCC1)C1CN1C(=O)OC(C)(C)C.